The molecule has 0 saturated carbocycles. The van der Waals surface area contributed by atoms with Gasteiger partial charge in [0.05, 0.1) is 24.4 Å². The molecule has 0 spiro atoms. The van der Waals surface area contributed by atoms with Crippen molar-refractivity contribution in [2.45, 2.75) is 24.9 Å². The summed E-state index contributed by atoms with van der Waals surface area (Å²) in [7, 11) is 0. The molecule has 1 unspecified atom stereocenters. The molecule has 2 aromatic rings. The van der Waals surface area contributed by atoms with Crippen LogP contribution in [0.1, 0.15) is 15.9 Å². The van der Waals surface area contributed by atoms with Crippen LogP contribution >= 0.6 is 0 Å². The summed E-state index contributed by atoms with van der Waals surface area (Å²) < 4.78 is 5.75. The van der Waals surface area contributed by atoms with Crippen molar-refractivity contribution < 1.29 is 24.5 Å². The number of hydrogen-bond acceptors (Lipinski definition) is 6. The first-order valence-corrected chi connectivity index (χ1v) is 10.1. The largest absolute Gasteiger partial charge is 0.465 e. The van der Waals surface area contributed by atoms with Crippen LogP contribution in [0.4, 0.5) is 10.5 Å². The zero-order valence-corrected chi connectivity index (χ0v) is 17.7. The standard InChI is InChI=1S/C24H24N4O5/c1-3-12-28-19-11-10-17(14-21(19)33-23(28)25-4-2)22(30)26-15-20(29)18(27-24(31)32)13-16-8-6-5-7-9-16/h1-2,5-11,14,18,20,23,25,27,29H,12-13,15H2,(H,26,30)(H,31,32)/t18-,20-,23?/m0/s1. The van der Waals surface area contributed by atoms with Gasteiger partial charge < -0.3 is 30.5 Å². The lowest BCUT2D eigenvalue weighted by Gasteiger charge is -2.23. The van der Waals surface area contributed by atoms with E-state index in [1.165, 1.54) is 0 Å². The molecule has 9 heteroatoms. The van der Waals surface area contributed by atoms with Crippen LogP contribution in [-0.2, 0) is 6.42 Å². The van der Waals surface area contributed by atoms with E-state index in [0.717, 1.165) is 5.56 Å². The average molecular weight is 448 g/mol. The van der Waals surface area contributed by atoms with Crippen LogP contribution in [0.2, 0.25) is 0 Å². The summed E-state index contributed by atoms with van der Waals surface area (Å²) in [6.45, 7) is 0.0997. The van der Waals surface area contributed by atoms with Crippen molar-refractivity contribution in [2.24, 2.45) is 0 Å². The first kappa shape index (κ1) is 23.3. The number of fused-ring (bicyclic) bond motifs is 1. The minimum Gasteiger partial charge on any atom is -0.465 e. The van der Waals surface area contributed by atoms with Gasteiger partial charge in [0, 0.05) is 18.2 Å². The molecule has 2 aromatic carbocycles. The van der Waals surface area contributed by atoms with Gasteiger partial charge in [-0.15, -0.1) is 6.42 Å². The van der Waals surface area contributed by atoms with E-state index in [9.17, 15) is 14.7 Å². The van der Waals surface area contributed by atoms with Crippen molar-refractivity contribution in [1.82, 2.24) is 16.0 Å². The van der Waals surface area contributed by atoms with Crippen molar-refractivity contribution in [1.29, 1.82) is 0 Å². The Morgan fingerprint density at radius 1 is 1.18 bits per heavy atom. The number of aliphatic hydroxyl groups is 1. The summed E-state index contributed by atoms with van der Waals surface area (Å²) in [5, 5.41) is 27.3. The van der Waals surface area contributed by atoms with Gasteiger partial charge in [-0.3, -0.25) is 10.1 Å². The number of carbonyl (C=O) groups excluding carboxylic acids is 1. The summed E-state index contributed by atoms with van der Waals surface area (Å²) in [6.07, 6.45) is 7.93. The van der Waals surface area contributed by atoms with Crippen molar-refractivity contribution in [3.05, 3.63) is 59.7 Å². The first-order chi connectivity index (χ1) is 15.9. The average Bonchev–Trinajstić information content (AvgIpc) is 3.14. The zero-order chi connectivity index (χ0) is 23.8. The summed E-state index contributed by atoms with van der Waals surface area (Å²) in [5.74, 6) is 2.51. The molecule has 5 N–H and O–H groups in total. The van der Waals surface area contributed by atoms with E-state index in [2.05, 4.69) is 27.9 Å². The number of amides is 2. The fraction of sp³-hybridized carbons (Fsp3) is 0.250. The number of nitrogens with zero attached hydrogens (tertiary/aromatic N) is 1. The van der Waals surface area contributed by atoms with Gasteiger partial charge in [0.15, 0.2) is 0 Å². The number of hydrogen-bond donors (Lipinski definition) is 5. The molecule has 0 radical (unpaired) electrons. The third-order valence-electron chi connectivity index (χ3n) is 5.07. The van der Waals surface area contributed by atoms with Crippen LogP contribution in [0.25, 0.3) is 0 Å². The van der Waals surface area contributed by atoms with Crippen molar-refractivity contribution in [3.8, 4) is 30.6 Å². The molecule has 2 amide bonds. The number of carbonyl (C=O) groups is 2. The Hall–Kier alpha value is -4.34. The lowest BCUT2D eigenvalue weighted by molar-refractivity contribution is 0.0873. The number of nitrogens with one attached hydrogen (secondary N) is 3. The zero-order valence-electron chi connectivity index (χ0n) is 17.7. The third kappa shape index (κ3) is 5.88. The van der Waals surface area contributed by atoms with Gasteiger partial charge in [0.2, 0.25) is 0 Å². The maximum Gasteiger partial charge on any atom is 0.404 e. The summed E-state index contributed by atoms with van der Waals surface area (Å²) >= 11 is 0. The minimum atomic E-state index is -1.26. The van der Waals surface area contributed by atoms with E-state index in [-0.39, 0.29) is 19.5 Å². The van der Waals surface area contributed by atoms with Crippen LogP contribution in [0, 0.1) is 24.8 Å². The highest BCUT2D eigenvalue weighted by atomic mass is 16.5. The molecule has 0 aliphatic carbocycles. The second kappa shape index (κ2) is 10.8. The first-order valence-electron chi connectivity index (χ1n) is 10.1. The number of aliphatic hydroxyl groups excluding tert-OH is 1. The highest BCUT2D eigenvalue weighted by molar-refractivity contribution is 5.95. The molecule has 0 fully saturated rings. The Balaban J connectivity index is 1.65. The number of terminal acetylenes is 2. The number of carboxylic acid groups (broad SMARTS) is 1. The molecular formula is C24H24N4O5. The van der Waals surface area contributed by atoms with Gasteiger partial charge in [-0.1, -0.05) is 42.7 Å². The molecule has 1 aliphatic heterocycles. The number of benzene rings is 2. The predicted molar refractivity (Wildman–Crippen MR) is 122 cm³/mol. The minimum absolute atomic E-state index is 0.154. The van der Waals surface area contributed by atoms with E-state index >= 15 is 0 Å². The van der Waals surface area contributed by atoms with E-state index in [0.29, 0.717) is 17.0 Å². The van der Waals surface area contributed by atoms with E-state index in [1.54, 1.807) is 23.1 Å². The Bertz CT molecular complexity index is 1080. The molecule has 33 heavy (non-hydrogen) atoms. The normalized spacial score (nSPS) is 15.7. The summed E-state index contributed by atoms with van der Waals surface area (Å²) in [5.41, 5.74) is 1.84. The number of anilines is 1. The number of rotatable bonds is 9. The summed E-state index contributed by atoms with van der Waals surface area (Å²) in [4.78, 5) is 25.6. The third-order valence-corrected chi connectivity index (χ3v) is 5.07. The second-order valence-electron chi connectivity index (χ2n) is 7.30. The molecule has 1 heterocycles. The fourth-order valence-corrected chi connectivity index (χ4v) is 3.49. The van der Waals surface area contributed by atoms with Gasteiger partial charge >= 0.3 is 6.09 Å². The lowest BCUT2D eigenvalue weighted by Crippen LogP contribution is -2.49. The molecule has 0 bridgehead atoms. The van der Waals surface area contributed by atoms with Gasteiger partial charge in [0.25, 0.3) is 12.3 Å². The van der Waals surface area contributed by atoms with Crippen molar-refractivity contribution >= 4 is 17.7 Å². The molecule has 9 nitrogen and oxygen atoms in total. The fourth-order valence-electron chi connectivity index (χ4n) is 3.49. The van der Waals surface area contributed by atoms with Gasteiger partial charge in [-0.05, 0) is 30.2 Å². The Labute approximate surface area is 191 Å². The molecule has 0 aromatic heterocycles. The second-order valence-corrected chi connectivity index (χ2v) is 7.30. The topological polar surface area (TPSA) is 123 Å². The molecular weight excluding hydrogens is 424 g/mol. The molecule has 0 saturated heterocycles. The van der Waals surface area contributed by atoms with Crippen LogP contribution in [0.3, 0.4) is 0 Å². The SMILES string of the molecule is C#CCN1c2ccc(C(=O)NC[C@H](O)[C@H](Cc3ccccc3)NC(=O)O)cc2OC1NC#C. The van der Waals surface area contributed by atoms with Crippen LogP contribution in [0.5, 0.6) is 5.75 Å². The molecule has 170 valence electrons. The quantitative estimate of drug-likeness (QED) is 0.286. The molecule has 3 rings (SSSR count). The van der Waals surface area contributed by atoms with Crippen molar-refractivity contribution in [2.75, 3.05) is 18.0 Å². The van der Waals surface area contributed by atoms with Crippen LogP contribution < -0.4 is 25.6 Å². The van der Waals surface area contributed by atoms with Crippen LogP contribution in [0.15, 0.2) is 48.5 Å². The van der Waals surface area contributed by atoms with E-state index in [4.69, 9.17) is 22.7 Å². The van der Waals surface area contributed by atoms with Crippen molar-refractivity contribution in [3.63, 3.8) is 0 Å². The maximum absolute atomic E-state index is 12.7. The Morgan fingerprint density at radius 2 is 1.94 bits per heavy atom. The number of ether oxygens (including phenoxy) is 1. The Morgan fingerprint density at radius 3 is 2.61 bits per heavy atom. The maximum atomic E-state index is 12.7. The highest BCUT2D eigenvalue weighted by Crippen LogP contribution is 2.36. The lowest BCUT2D eigenvalue weighted by atomic mass is 10.0. The Kier molecular flexibility index (Phi) is 7.64. The highest BCUT2D eigenvalue weighted by Gasteiger charge is 2.31. The van der Waals surface area contributed by atoms with E-state index in [1.807, 2.05) is 30.3 Å². The van der Waals surface area contributed by atoms with E-state index < -0.39 is 30.5 Å². The molecule has 1 aliphatic rings. The van der Waals surface area contributed by atoms with Crippen LogP contribution in [-0.4, -0.2) is 53.8 Å². The monoisotopic (exact) mass is 448 g/mol. The summed E-state index contributed by atoms with van der Waals surface area (Å²) in [6, 6.07) is 15.5. The predicted octanol–water partition coefficient (Wildman–Crippen LogP) is 0.952. The smallest absolute Gasteiger partial charge is 0.404 e. The van der Waals surface area contributed by atoms with Gasteiger partial charge in [0.1, 0.15) is 5.75 Å². The van der Waals surface area contributed by atoms with Gasteiger partial charge in [-0.2, -0.15) is 0 Å². The molecule has 3 atom stereocenters. The van der Waals surface area contributed by atoms with Gasteiger partial charge in [-0.25, -0.2) is 4.79 Å².